The largest absolute Gasteiger partial charge is 0.347 e. The van der Waals surface area contributed by atoms with Crippen molar-refractivity contribution >= 4 is 17.1 Å². The van der Waals surface area contributed by atoms with Crippen LogP contribution in [0.4, 0.5) is 4.79 Å². The Labute approximate surface area is 128 Å². The van der Waals surface area contributed by atoms with Crippen LogP contribution < -0.4 is 0 Å². The van der Waals surface area contributed by atoms with Crippen LogP contribution in [-0.4, -0.2) is 32.5 Å². The van der Waals surface area contributed by atoms with Crippen molar-refractivity contribution in [2.45, 2.75) is 19.9 Å². The zero-order chi connectivity index (χ0) is 15.1. The Balaban J connectivity index is 1.67. The molecule has 0 saturated carbocycles. The van der Waals surface area contributed by atoms with Crippen molar-refractivity contribution in [2.24, 2.45) is 0 Å². The number of carbonyl (C=O) groups is 1. The fourth-order valence-corrected chi connectivity index (χ4v) is 2.99. The molecule has 5 nitrogen and oxygen atoms in total. The lowest BCUT2D eigenvalue weighted by molar-refractivity contribution is 0.191. The summed E-state index contributed by atoms with van der Waals surface area (Å²) in [5.41, 5.74) is 5.27. The van der Waals surface area contributed by atoms with Crippen LogP contribution in [0.1, 0.15) is 16.7 Å². The Bertz CT molecular complexity index is 868. The molecule has 3 aromatic rings. The van der Waals surface area contributed by atoms with Crippen molar-refractivity contribution in [3.8, 4) is 0 Å². The predicted octanol–water partition coefficient (Wildman–Crippen LogP) is 2.77. The summed E-state index contributed by atoms with van der Waals surface area (Å²) in [4.78, 5) is 14.6. The highest BCUT2D eigenvalue weighted by Gasteiger charge is 2.23. The molecule has 0 bridgehead atoms. The minimum Gasteiger partial charge on any atom is -0.318 e. The molecule has 1 aliphatic rings. The highest BCUT2D eigenvalue weighted by Crippen LogP contribution is 2.21. The van der Waals surface area contributed by atoms with Gasteiger partial charge in [-0.3, -0.25) is 0 Å². The molecule has 1 aliphatic heterocycles. The van der Waals surface area contributed by atoms with Crippen molar-refractivity contribution in [2.75, 3.05) is 6.54 Å². The molecule has 4 rings (SSSR count). The fraction of sp³-hybridized carbons (Fsp3) is 0.235. The molecule has 110 valence electrons. The number of aromatic nitrogens is 3. The standard InChI is InChI=1S/C17H16N4O/c1-12-6-7-13-8-9-20(11-14(13)10-12)17(22)21-16-5-3-2-4-15(16)18-19-21/h2-7,10H,8-9,11H2,1H3. The van der Waals surface area contributed by atoms with Gasteiger partial charge in [-0.25, -0.2) is 4.79 Å². The van der Waals surface area contributed by atoms with Gasteiger partial charge in [-0.2, -0.15) is 4.68 Å². The minimum atomic E-state index is -0.110. The van der Waals surface area contributed by atoms with E-state index in [9.17, 15) is 4.79 Å². The summed E-state index contributed by atoms with van der Waals surface area (Å²) < 4.78 is 1.40. The number of hydrogen-bond acceptors (Lipinski definition) is 3. The number of hydrogen-bond donors (Lipinski definition) is 0. The van der Waals surface area contributed by atoms with Crippen LogP contribution in [0.15, 0.2) is 42.5 Å². The summed E-state index contributed by atoms with van der Waals surface area (Å²) >= 11 is 0. The van der Waals surface area contributed by atoms with E-state index in [1.54, 1.807) is 0 Å². The van der Waals surface area contributed by atoms with Crippen LogP contribution in [0.3, 0.4) is 0 Å². The van der Waals surface area contributed by atoms with Gasteiger partial charge in [0.1, 0.15) is 5.52 Å². The first-order chi connectivity index (χ1) is 10.7. The Morgan fingerprint density at radius 1 is 1.14 bits per heavy atom. The summed E-state index contributed by atoms with van der Waals surface area (Å²) in [7, 11) is 0. The Morgan fingerprint density at radius 3 is 2.91 bits per heavy atom. The van der Waals surface area contributed by atoms with Gasteiger partial charge in [-0.1, -0.05) is 41.1 Å². The molecule has 22 heavy (non-hydrogen) atoms. The van der Waals surface area contributed by atoms with Crippen LogP contribution >= 0.6 is 0 Å². The third-order valence-electron chi connectivity index (χ3n) is 4.18. The number of aryl methyl sites for hydroxylation is 1. The quantitative estimate of drug-likeness (QED) is 0.640. The van der Waals surface area contributed by atoms with E-state index >= 15 is 0 Å². The second-order valence-electron chi connectivity index (χ2n) is 5.72. The van der Waals surface area contributed by atoms with E-state index in [-0.39, 0.29) is 6.03 Å². The molecule has 1 amide bonds. The lowest BCUT2D eigenvalue weighted by Crippen LogP contribution is -2.39. The molecule has 2 heterocycles. The molecule has 5 heteroatoms. The van der Waals surface area contributed by atoms with Gasteiger partial charge < -0.3 is 4.90 Å². The van der Waals surface area contributed by atoms with Crippen molar-refractivity contribution in [1.82, 2.24) is 19.9 Å². The summed E-state index contributed by atoms with van der Waals surface area (Å²) in [5.74, 6) is 0. The molecule has 0 aliphatic carbocycles. The van der Waals surface area contributed by atoms with E-state index in [4.69, 9.17) is 0 Å². The van der Waals surface area contributed by atoms with Crippen molar-refractivity contribution in [3.63, 3.8) is 0 Å². The zero-order valence-corrected chi connectivity index (χ0v) is 12.4. The fourth-order valence-electron chi connectivity index (χ4n) is 2.99. The molecule has 0 radical (unpaired) electrons. The molecule has 0 atom stereocenters. The third kappa shape index (κ3) is 2.06. The summed E-state index contributed by atoms with van der Waals surface area (Å²) in [6.45, 7) is 3.42. The molecular weight excluding hydrogens is 276 g/mol. The molecule has 0 N–H and O–H groups in total. The summed E-state index contributed by atoms with van der Waals surface area (Å²) in [5, 5.41) is 8.08. The highest BCUT2D eigenvalue weighted by molar-refractivity contribution is 5.87. The van der Waals surface area contributed by atoms with Gasteiger partial charge in [-0.05, 0) is 36.6 Å². The van der Waals surface area contributed by atoms with Crippen LogP contribution in [-0.2, 0) is 13.0 Å². The van der Waals surface area contributed by atoms with E-state index in [0.29, 0.717) is 13.1 Å². The van der Waals surface area contributed by atoms with E-state index in [1.807, 2.05) is 29.2 Å². The second-order valence-corrected chi connectivity index (χ2v) is 5.72. The maximum absolute atomic E-state index is 12.8. The highest BCUT2D eigenvalue weighted by atomic mass is 16.2. The van der Waals surface area contributed by atoms with Gasteiger partial charge in [0, 0.05) is 13.1 Å². The average molecular weight is 292 g/mol. The molecule has 2 aromatic carbocycles. The van der Waals surface area contributed by atoms with Crippen LogP contribution in [0.2, 0.25) is 0 Å². The molecule has 1 aromatic heterocycles. The van der Waals surface area contributed by atoms with Gasteiger partial charge in [0.05, 0.1) is 5.52 Å². The Morgan fingerprint density at radius 2 is 2.00 bits per heavy atom. The van der Waals surface area contributed by atoms with E-state index < -0.39 is 0 Å². The molecular formula is C17H16N4O. The monoisotopic (exact) mass is 292 g/mol. The number of rotatable bonds is 0. The van der Waals surface area contributed by atoms with E-state index in [2.05, 4.69) is 35.4 Å². The lowest BCUT2D eigenvalue weighted by atomic mass is 9.98. The van der Waals surface area contributed by atoms with Crippen LogP contribution in [0.25, 0.3) is 11.0 Å². The van der Waals surface area contributed by atoms with Crippen LogP contribution in [0.5, 0.6) is 0 Å². The Hall–Kier alpha value is -2.69. The van der Waals surface area contributed by atoms with Crippen molar-refractivity contribution < 1.29 is 4.79 Å². The summed E-state index contributed by atoms with van der Waals surface area (Å²) in [6, 6.07) is 13.9. The first-order valence-electron chi connectivity index (χ1n) is 7.40. The zero-order valence-electron chi connectivity index (χ0n) is 12.4. The van der Waals surface area contributed by atoms with Gasteiger partial charge in [0.25, 0.3) is 0 Å². The number of amides is 1. The topological polar surface area (TPSA) is 51.0 Å². The predicted molar refractivity (Wildman–Crippen MR) is 83.6 cm³/mol. The molecule has 0 unspecified atom stereocenters. The molecule has 0 spiro atoms. The maximum atomic E-state index is 12.8. The number of nitrogens with zero attached hydrogens (tertiary/aromatic N) is 4. The van der Waals surface area contributed by atoms with E-state index in [0.717, 1.165) is 17.5 Å². The van der Waals surface area contributed by atoms with Crippen LogP contribution in [0, 0.1) is 6.92 Å². The number of fused-ring (bicyclic) bond motifs is 2. The van der Waals surface area contributed by atoms with Gasteiger partial charge in [-0.15, -0.1) is 5.10 Å². The molecule has 0 fully saturated rings. The van der Waals surface area contributed by atoms with Gasteiger partial charge >= 0.3 is 6.03 Å². The van der Waals surface area contributed by atoms with Crippen molar-refractivity contribution in [1.29, 1.82) is 0 Å². The normalized spacial score (nSPS) is 14.1. The second kappa shape index (κ2) is 4.94. The Kier molecular flexibility index (Phi) is 2.92. The first-order valence-corrected chi connectivity index (χ1v) is 7.40. The van der Waals surface area contributed by atoms with Crippen molar-refractivity contribution in [3.05, 3.63) is 59.2 Å². The SMILES string of the molecule is Cc1ccc2c(c1)CN(C(=O)n1nnc3ccccc31)CC2. The first kappa shape index (κ1) is 13.0. The number of benzene rings is 2. The average Bonchev–Trinajstić information content (AvgIpc) is 2.97. The lowest BCUT2D eigenvalue weighted by Gasteiger charge is -2.28. The third-order valence-corrected chi connectivity index (χ3v) is 4.18. The van der Waals surface area contributed by atoms with Gasteiger partial charge in [0.2, 0.25) is 0 Å². The number of carbonyl (C=O) groups excluding carboxylic acids is 1. The smallest absolute Gasteiger partial charge is 0.318 e. The minimum absolute atomic E-state index is 0.110. The number of para-hydroxylation sites is 1. The maximum Gasteiger partial charge on any atom is 0.347 e. The summed E-state index contributed by atoms with van der Waals surface area (Å²) in [6.07, 6.45) is 0.883. The van der Waals surface area contributed by atoms with Gasteiger partial charge in [0.15, 0.2) is 0 Å². The molecule has 0 saturated heterocycles. The van der Waals surface area contributed by atoms with E-state index in [1.165, 1.54) is 21.4 Å².